The van der Waals surface area contributed by atoms with Crippen LogP contribution in [0.15, 0.2) is 24.8 Å². The zero-order valence-corrected chi connectivity index (χ0v) is 10.00. The summed E-state index contributed by atoms with van der Waals surface area (Å²) in [6, 6.07) is 4.43. The molecule has 1 aromatic heterocycles. The molecule has 0 aliphatic carbocycles. The molecule has 1 unspecified atom stereocenters. The summed E-state index contributed by atoms with van der Waals surface area (Å²) < 4.78 is 0.861. The Kier molecular flexibility index (Phi) is 5.23. The molecule has 0 aromatic carbocycles. The van der Waals surface area contributed by atoms with Crippen LogP contribution in [0.25, 0.3) is 0 Å². The van der Waals surface area contributed by atoms with Crippen molar-refractivity contribution >= 4 is 22.9 Å². The zero-order valence-electron chi connectivity index (χ0n) is 8.42. The molecule has 1 N–H and O–H groups in total. The minimum atomic E-state index is 0.400. The number of rotatable bonds is 6. The molecule has 0 amide bonds. The van der Waals surface area contributed by atoms with Crippen LogP contribution in [0.3, 0.4) is 0 Å². The van der Waals surface area contributed by atoms with Crippen LogP contribution in [0, 0.1) is 0 Å². The zero-order chi connectivity index (χ0) is 10.4. The molecule has 0 spiro atoms. The molecule has 0 saturated heterocycles. The van der Waals surface area contributed by atoms with Crippen LogP contribution in [0.1, 0.15) is 30.7 Å². The first-order valence-corrected chi connectivity index (χ1v) is 6.03. The number of halogens is 1. The fourth-order valence-corrected chi connectivity index (χ4v) is 2.31. The van der Waals surface area contributed by atoms with Gasteiger partial charge in [-0.1, -0.05) is 17.7 Å². The smallest absolute Gasteiger partial charge is 0.0931 e. The van der Waals surface area contributed by atoms with E-state index in [-0.39, 0.29) is 0 Å². The Bertz CT molecular complexity index is 283. The van der Waals surface area contributed by atoms with E-state index in [1.165, 1.54) is 4.88 Å². The molecule has 0 aliphatic rings. The van der Waals surface area contributed by atoms with E-state index < -0.39 is 0 Å². The summed E-state index contributed by atoms with van der Waals surface area (Å²) in [5.74, 6) is 0. The topological polar surface area (TPSA) is 12.0 Å². The van der Waals surface area contributed by atoms with Crippen LogP contribution < -0.4 is 5.32 Å². The van der Waals surface area contributed by atoms with Crippen molar-refractivity contribution in [3.05, 3.63) is 34.0 Å². The number of nitrogens with one attached hydrogen (secondary N) is 1. The van der Waals surface area contributed by atoms with Gasteiger partial charge in [-0.15, -0.1) is 17.9 Å². The lowest BCUT2D eigenvalue weighted by Crippen LogP contribution is -2.18. The average molecular weight is 230 g/mol. The first-order chi connectivity index (χ1) is 6.74. The first kappa shape index (κ1) is 11.8. The third-order valence-electron chi connectivity index (χ3n) is 2.06. The predicted molar refractivity (Wildman–Crippen MR) is 65.2 cm³/mol. The van der Waals surface area contributed by atoms with Crippen molar-refractivity contribution in [3.63, 3.8) is 0 Å². The van der Waals surface area contributed by atoms with E-state index in [1.54, 1.807) is 11.3 Å². The van der Waals surface area contributed by atoms with E-state index in [1.807, 2.05) is 12.1 Å². The van der Waals surface area contributed by atoms with Crippen molar-refractivity contribution in [2.45, 2.75) is 25.8 Å². The number of hydrogen-bond donors (Lipinski definition) is 1. The van der Waals surface area contributed by atoms with Gasteiger partial charge >= 0.3 is 0 Å². The standard InChI is InChI=1S/C11H16ClNS/c1-3-4-5-8-13-9(2)10-6-7-11(12)14-10/h3,6-7,9,13H,1,4-5,8H2,2H3. The molecule has 1 atom stereocenters. The first-order valence-electron chi connectivity index (χ1n) is 4.83. The van der Waals surface area contributed by atoms with Gasteiger partial charge in [-0.3, -0.25) is 0 Å². The molecule has 1 nitrogen and oxygen atoms in total. The largest absolute Gasteiger partial charge is 0.309 e. The summed E-state index contributed by atoms with van der Waals surface area (Å²) in [6.45, 7) is 6.89. The number of allylic oxidation sites excluding steroid dienone is 1. The molecule has 1 heterocycles. The van der Waals surface area contributed by atoms with E-state index in [0.717, 1.165) is 23.7 Å². The molecule has 1 rings (SSSR count). The maximum Gasteiger partial charge on any atom is 0.0931 e. The minimum Gasteiger partial charge on any atom is -0.309 e. The molecule has 0 saturated carbocycles. The van der Waals surface area contributed by atoms with Crippen LogP contribution in [-0.2, 0) is 0 Å². The van der Waals surface area contributed by atoms with Crippen molar-refractivity contribution in [2.24, 2.45) is 0 Å². The highest BCUT2D eigenvalue weighted by atomic mass is 35.5. The highest BCUT2D eigenvalue weighted by Gasteiger charge is 2.06. The minimum absolute atomic E-state index is 0.400. The van der Waals surface area contributed by atoms with Crippen LogP contribution in [0.2, 0.25) is 4.34 Å². The van der Waals surface area contributed by atoms with E-state index in [0.29, 0.717) is 6.04 Å². The lowest BCUT2D eigenvalue weighted by Gasteiger charge is -2.10. The summed E-state index contributed by atoms with van der Waals surface area (Å²) >= 11 is 7.51. The maximum atomic E-state index is 5.87. The van der Waals surface area contributed by atoms with Crippen LogP contribution in [0.4, 0.5) is 0 Å². The Morgan fingerprint density at radius 3 is 3.00 bits per heavy atom. The summed E-state index contributed by atoms with van der Waals surface area (Å²) in [7, 11) is 0. The van der Waals surface area contributed by atoms with Crippen molar-refractivity contribution < 1.29 is 0 Å². The second kappa shape index (κ2) is 6.23. The third-order valence-corrected chi connectivity index (χ3v) is 3.47. The Labute approximate surface area is 94.8 Å². The Hall–Kier alpha value is -0.310. The number of unbranched alkanes of at least 4 members (excludes halogenated alkanes) is 1. The van der Waals surface area contributed by atoms with Gasteiger partial charge in [0.2, 0.25) is 0 Å². The van der Waals surface area contributed by atoms with E-state index >= 15 is 0 Å². The molecule has 14 heavy (non-hydrogen) atoms. The highest BCUT2D eigenvalue weighted by Crippen LogP contribution is 2.26. The van der Waals surface area contributed by atoms with Gasteiger partial charge in [0, 0.05) is 10.9 Å². The maximum absolute atomic E-state index is 5.87. The van der Waals surface area contributed by atoms with E-state index in [2.05, 4.69) is 24.9 Å². The summed E-state index contributed by atoms with van der Waals surface area (Å²) in [6.07, 6.45) is 4.17. The third kappa shape index (κ3) is 3.82. The van der Waals surface area contributed by atoms with Crippen LogP contribution in [0.5, 0.6) is 0 Å². The molecule has 0 radical (unpaired) electrons. The van der Waals surface area contributed by atoms with Crippen LogP contribution in [-0.4, -0.2) is 6.54 Å². The quantitative estimate of drug-likeness (QED) is 0.574. The fourth-order valence-electron chi connectivity index (χ4n) is 1.23. The average Bonchev–Trinajstić information content (AvgIpc) is 2.59. The van der Waals surface area contributed by atoms with Gasteiger partial charge in [0.05, 0.1) is 4.34 Å². The van der Waals surface area contributed by atoms with Crippen molar-refractivity contribution in [1.82, 2.24) is 5.32 Å². The molecular weight excluding hydrogens is 214 g/mol. The van der Waals surface area contributed by atoms with Gasteiger partial charge in [-0.2, -0.15) is 0 Å². The Balaban J connectivity index is 2.28. The molecule has 0 aliphatic heterocycles. The van der Waals surface area contributed by atoms with Gasteiger partial charge in [0.25, 0.3) is 0 Å². The molecule has 3 heteroatoms. The van der Waals surface area contributed by atoms with Crippen molar-refractivity contribution in [3.8, 4) is 0 Å². The molecule has 78 valence electrons. The monoisotopic (exact) mass is 229 g/mol. The van der Waals surface area contributed by atoms with Gasteiger partial charge in [-0.05, 0) is 38.4 Å². The summed E-state index contributed by atoms with van der Waals surface area (Å²) in [5, 5.41) is 3.45. The van der Waals surface area contributed by atoms with Gasteiger partial charge < -0.3 is 5.32 Å². The Morgan fingerprint density at radius 1 is 1.64 bits per heavy atom. The highest BCUT2D eigenvalue weighted by molar-refractivity contribution is 7.16. The lowest BCUT2D eigenvalue weighted by molar-refractivity contribution is 0.568. The Morgan fingerprint density at radius 2 is 2.43 bits per heavy atom. The lowest BCUT2D eigenvalue weighted by atomic mass is 10.2. The second-order valence-electron chi connectivity index (χ2n) is 3.25. The van der Waals surface area contributed by atoms with E-state index in [9.17, 15) is 0 Å². The number of hydrogen-bond acceptors (Lipinski definition) is 2. The van der Waals surface area contributed by atoms with E-state index in [4.69, 9.17) is 11.6 Å². The summed E-state index contributed by atoms with van der Waals surface area (Å²) in [5.41, 5.74) is 0. The molecule has 1 aromatic rings. The van der Waals surface area contributed by atoms with Crippen molar-refractivity contribution in [2.75, 3.05) is 6.54 Å². The SMILES string of the molecule is C=CCCCNC(C)c1ccc(Cl)s1. The van der Waals surface area contributed by atoms with Gasteiger partial charge in [-0.25, -0.2) is 0 Å². The second-order valence-corrected chi connectivity index (χ2v) is 5.00. The molecular formula is C11H16ClNS. The number of thiophene rings is 1. The normalized spacial score (nSPS) is 12.7. The van der Waals surface area contributed by atoms with Gasteiger partial charge in [0.1, 0.15) is 0 Å². The van der Waals surface area contributed by atoms with Crippen LogP contribution >= 0.6 is 22.9 Å². The predicted octanol–water partition coefficient (Wildman–Crippen LogP) is 4.02. The fraction of sp³-hybridized carbons (Fsp3) is 0.455. The van der Waals surface area contributed by atoms with Gasteiger partial charge in [0.15, 0.2) is 0 Å². The summed E-state index contributed by atoms with van der Waals surface area (Å²) in [4.78, 5) is 1.30. The molecule has 0 fully saturated rings. The van der Waals surface area contributed by atoms with Crippen molar-refractivity contribution in [1.29, 1.82) is 0 Å². The molecule has 0 bridgehead atoms.